The topological polar surface area (TPSA) is 61.2 Å². The lowest BCUT2D eigenvalue weighted by Gasteiger charge is -2.10. The molecule has 0 aliphatic carbocycles. The molecular formula is C14H12F2N2O3. The number of hydrogen-bond donors (Lipinski definition) is 0. The zero-order valence-electron chi connectivity index (χ0n) is 11.4. The van der Waals surface area contributed by atoms with Crippen LogP contribution in [0.3, 0.4) is 0 Å². The van der Waals surface area contributed by atoms with Gasteiger partial charge in [-0.2, -0.15) is 5.10 Å². The van der Waals surface area contributed by atoms with Crippen molar-refractivity contribution in [2.75, 3.05) is 7.11 Å². The number of aromatic nitrogens is 2. The van der Waals surface area contributed by atoms with Gasteiger partial charge in [-0.3, -0.25) is 4.79 Å². The Balaban J connectivity index is 2.76. The summed E-state index contributed by atoms with van der Waals surface area (Å²) < 4.78 is 32.9. The van der Waals surface area contributed by atoms with Crippen LogP contribution in [0.15, 0.2) is 29.2 Å². The van der Waals surface area contributed by atoms with E-state index in [1.54, 1.807) is 6.92 Å². The van der Waals surface area contributed by atoms with Crippen LogP contribution >= 0.6 is 0 Å². The Morgan fingerprint density at radius 1 is 1.33 bits per heavy atom. The molecule has 0 fully saturated rings. The maximum absolute atomic E-state index is 13.8. The molecule has 1 heterocycles. The number of benzene rings is 1. The summed E-state index contributed by atoms with van der Waals surface area (Å²) in [6, 6.07) is 3.32. The fourth-order valence-electron chi connectivity index (χ4n) is 1.84. The van der Waals surface area contributed by atoms with E-state index in [0.29, 0.717) is 0 Å². The first kappa shape index (κ1) is 14.8. The predicted molar refractivity (Wildman–Crippen MR) is 70.5 cm³/mol. The first-order valence-electron chi connectivity index (χ1n) is 6.15. The van der Waals surface area contributed by atoms with Gasteiger partial charge in [0.2, 0.25) is 11.1 Å². The second-order valence-electron chi connectivity index (χ2n) is 4.19. The number of halogens is 2. The van der Waals surface area contributed by atoms with E-state index < -0.39 is 34.4 Å². The van der Waals surface area contributed by atoms with Gasteiger partial charge in [0.15, 0.2) is 11.6 Å². The van der Waals surface area contributed by atoms with E-state index in [1.165, 1.54) is 12.3 Å². The second-order valence-corrected chi connectivity index (χ2v) is 4.19. The molecule has 2 rings (SSSR count). The van der Waals surface area contributed by atoms with Crippen LogP contribution in [-0.4, -0.2) is 22.9 Å². The van der Waals surface area contributed by atoms with Crippen molar-refractivity contribution in [3.05, 3.63) is 57.5 Å². The standard InChI is InChI=1S/C14H12F2N2O3/c1-3-8-7-18(12-9(15)5-4-6-10(12)16)17-11(13(8)19)14(20)21-2/h4-7H,3H2,1-2H3. The molecule has 0 N–H and O–H groups in total. The summed E-state index contributed by atoms with van der Waals surface area (Å²) in [6.07, 6.45) is 1.48. The first-order valence-corrected chi connectivity index (χ1v) is 6.15. The third-order valence-corrected chi connectivity index (χ3v) is 2.92. The van der Waals surface area contributed by atoms with Crippen LogP contribution in [0.2, 0.25) is 0 Å². The van der Waals surface area contributed by atoms with Gasteiger partial charge in [-0.1, -0.05) is 13.0 Å². The Bertz CT molecular complexity index is 736. The van der Waals surface area contributed by atoms with Crippen molar-refractivity contribution in [2.45, 2.75) is 13.3 Å². The summed E-state index contributed by atoms with van der Waals surface area (Å²) in [7, 11) is 1.09. The molecule has 0 radical (unpaired) electrons. The lowest BCUT2D eigenvalue weighted by molar-refractivity contribution is 0.0590. The van der Waals surface area contributed by atoms with Crippen molar-refractivity contribution in [3.63, 3.8) is 0 Å². The molecule has 2 aromatic rings. The first-order chi connectivity index (χ1) is 9.99. The van der Waals surface area contributed by atoms with E-state index in [1.807, 2.05) is 0 Å². The minimum atomic E-state index is -0.958. The maximum Gasteiger partial charge on any atom is 0.362 e. The number of rotatable bonds is 3. The Morgan fingerprint density at radius 2 is 1.95 bits per heavy atom. The van der Waals surface area contributed by atoms with E-state index in [-0.39, 0.29) is 12.0 Å². The number of methoxy groups -OCH3 is 1. The lowest BCUT2D eigenvalue weighted by Crippen LogP contribution is -2.26. The fraction of sp³-hybridized carbons (Fsp3) is 0.214. The van der Waals surface area contributed by atoms with Crippen LogP contribution in [0.4, 0.5) is 8.78 Å². The van der Waals surface area contributed by atoms with E-state index in [0.717, 1.165) is 23.9 Å². The molecule has 0 spiro atoms. The molecule has 0 bridgehead atoms. The van der Waals surface area contributed by atoms with Gasteiger partial charge in [-0.05, 0) is 18.6 Å². The Morgan fingerprint density at radius 3 is 2.48 bits per heavy atom. The second kappa shape index (κ2) is 5.82. The molecule has 110 valence electrons. The summed E-state index contributed by atoms with van der Waals surface area (Å²) in [5.74, 6) is -2.67. The van der Waals surface area contributed by atoms with Gasteiger partial charge in [0, 0.05) is 11.8 Å². The maximum atomic E-state index is 13.8. The SMILES string of the molecule is CCc1cn(-c2c(F)cccc2F)nc(C(=O)OC)c1=O. The summed E-state index contributed by atoms with van der Waals surface area (Å²) in [5.41, 5.74) is -1.39. The van der Waals surface area contributed by atoms with Gasteiger partial charge < -0.3 is 4.74 Å². The van der Waals surface area contributed by atoms with Gasteiger partial charge in [0.1, 0.15) is 5.69 Å². The third kappa shape index (κ3) is 2.67. The molecule has 5 nitrogen and oxygen atoms in total. The van der Waals surface area contributed by atoms with Crippen molar-refractivity contribution in [1.82, 2.24) is 9.78 Å². The van der Waals surface area contributed by atoms with Gasteiger partial charge in [-0.15, -0.1) is 0 Å². The summed E-state index contributed by atoms with van der Waals surface area (Å²) in [4.78, 5) is 23.6. The van der Waals surface area contributed by atoms with Crippen LogP contribution in [0.5, 0.6) is 0 Å². The predicted octanol–water partition coefficient (Wildman–Crippen LogP) is 1.86. The highest BCUT2D eigenvalue weighted by atomic mass is 19.1. The smallest absolute Gasteiger partial charge is 0.362 e. The fourth-order valence-corrected chi connectivity index (χ4v) is 1.84. The van der Waals surface area contributed by atoms with Gasteiger partial charge >= 0.3 is 5.97 Å². The average Bonchev–Trinajstić information content (AvgIpc) is 2.47. The quantitative estimate of drug-likeness (QED) is 0.811. The van der Waals surface area contributed by atoms with Gasteiger partial charge in [-0.25, -0.2) is 18.3 Å². The molecule has 0 aliphatic heterocycles. The Labute approximate surface area is 118 Å². The third-order valence-electron chi connectivity index (χ3n) is 2.92. The van der Waals surface area contributed by atoms with Crippen molar-refractivity contribution < 1.29 is 18.3 Å². The van der Waals surface area contributed by atoms with Crippen LogP contribution in [0.25, 0.3) is 5.69 Å². The number of hydrogen-bond acceptors (Lipinski definition) is 4. The van der Waals surface area contributed by atoms with E-state index >= 15 is 0 Å². The molecule has 0 saturated carbocycles. The zero-order chi connectivity index (χ0) is 15.6. The molecule has 0 amide bonds. The van der Waals surface area contributed by atoms with Crippen LogP contribution in [0, 0.1) is 11.6 Å². The van der Waals surface area contributed by atoms with E-state index in [2.05, 4.69) is 9.84 Å². The largest absolute Gasteiger partial charge is 0.464 e. The molecule has 1 aromatic heterocycles. The molecule has 0 aliphatic rings. The van der Waals surface area contributed by atoms with E-state index in [9.17, 15) is 18.4 Å². The highest BCUT2D eigenvalue weighted by molar-refractivity contribution is 5.87. The number of carbonyl (C=O) groups excluding carboxylic acids is 1. The minimum absolute atomic E-state index is 0.202. The normalized spacial score (nSPS) is 10.5. The molecule has 7 heteroatoms. The van der Waals surface area contributed by atoms with Crippen LogP contribution in [-0.2, 0) is 11.2 Å². The van der Waals surface area contributed by atoms with Crippen LogP contribution in [0.1, 0.15) is 23.0 Å². The number of esters is 1. The number of aryl methyl sites for hydroxylation is 1. The molecule has 0 unspecified atom stereocenters. The van der Waals surface area contributed by atoms with Crippen molar-refractivity contribution in [3.8, 4) is 5.69 Å². The minimum Gasteiger partial charge on any atom is -0.464 e. The number of ether oxygens (including phenoxy) is 1. The highest BCUT2D eigenvalue weighted by Crippen LogP contribution is 2.16. The monoisotopic (exact) mass is 294 g/mol. The molecule has 0 atom stereocenters. The number of para-hydroxylation sites is 1. The molecular weight excluding hydrogens is 282 g/mol. The Kier molecular flexibility index (Phi) is 4.11. The number of nitrogens with zero attached hydrogens (tertiary/aromatic N) is 2. The van der Waals surface area contributed by atoms with Gasteiger partial charge in [0.25, 0.3) is 0 Å². The molecule has 1 aromatic carbocycles. The Hall–Kier alpha value is -2.57. The van der Waals surface area contributed by atoms with E-state index in [4.69, 9.17) is 0 Å². The average molecular weight is 294 g/mol. The van der Waals surface area contributed by atoms with Crippen molar-refractivity contribution in [1.29, 1.82) is 0 Å². The summed E-state index contributed by atoms with van der Waals surface area (Å²) in [6.45, 7) is 1.68. The summed E-state index contributed by atoms with van der Waals surface area (Å²) >= 11 is 0. The molecule has 0 saturated heterocycles. The molecule has 21 heavy (non-hydrogen) atoms. The zero-order valence-corrected chi connectivity index (χ0v) is 11.4. The van der Waals surface area contributed by atoms with Crippen molar-refractivity contribution in [2.24, 2.45) is 0 Å². The number of carbonyl (C=O) groups is 1. The summed E-state index contributed by atoms with van der Waals surface area (Å²) in [5, 5.41) is 3.69. The van der Waals surface area contributed by atoms with Crippen LogP contribution < -0.4 is 5.43 Å². The lowest BCUT2D eigenvalue weighted by atomic mass is 10.2. The van der Waals surface area contributed by atoms with Gasteiger partial charge in [0.05, 0.1) is 7.11 Å². The highest BCUT2D eigenvalue weighted by Gasteiger charge is 2.19. The van der Waals surface area contributed by atoms with Crippen molar-refractivity contribution >= 4 is 5.97 Å².